The third-order valence-electron chi connectivity index (χ3n) is 4.27. The molecule has 2 heterocycles. The van der Waals surface area contributed by atoms with Crippen molar-refractivity contribution in [3.63, 3.8) is 0 Å². The van der Waals surface area contributed by atoms with Gasteiger partial charge in [-0.15, -0.1) is 0 Å². The molecule has 0 saturated carbocycles. The zero-order valence-corrected chi connectivity index (χ0v) is 13.3. The highest BCUT2D eigenvalue weighted by Gasteiger charge is 2.25. The van der Waals surface area contributed by atoms with Crippen molar-refractivity contribution in [2.24, 2.45) is 0 Å². The Morgan fingerprint density at radius 2 is 1.87 bits per heavy atom. The van der Waals surface area contributed by atoms with E-state index in [-0.39, 0.29) is 23.9 Å². The van der Waals surface area contributed by atoms with Gasteiger partial charge in [-0.2, -0.15) is 4.57 Å². The van der Waals surface area contributed by atoms with Crippen molar-refractivity contribution in [1.29, 1.82) is 0 Å². The Morgan fingerprint density at radius 3 is 2.65 bits per heavy atom. The summed E-state index contributed by atoms with van der Waals surface area (Å²) in [6.45, 7) is 0.847. The molecule has 0 atom stereocenters. The third-order valence-corrected chi connectivity index (χ3v) is 4.27. The predicted octanol–water partition coefficient (Wildman–Crippen LogP) is -0.226. The molecule has 1 aliphatic rings. The van der Waals surface area contributed by atoms with E-state index in [1.54, 1.807) is 25.3 Å². The normalized spacial score (nSPS) is 12.2. The molecule has 0 bridgehead atoms. The van der Waals surface area contributed by atoms with Crippen LogP contribution in [0.5, 0.6) is 17.2 Å². The first kappa shape index (κ1) is 15.4. The van der Waals surface area contributed by atoms with Gasteiger partial charge in [-0.05, 0) is 35.2 Å². The number of pyridine rings is 1. The van der Waals surface area contributed by atoms with Crippen molar-refractivity contribution in [1.82, 2.24) is 0 Å². The van der Waals surface area contributed by atoms with E-state index < -0.39 is 0 Å². The lowest BCUT2D eigenvalue weighted by molar-refractivity contribution is -0.686. The monoisotopic (exact) mass is 329 g/mol. The van der Waals surface area contributed by atoms with Crippen LogP contribution in [0.25, 0.3) is 22.0 Å². The Kier molecular flexibility index (Phi) is 3.78. The summed E-state index contributed by atoms with van der Waals surface area (Å²) >= 11 is 0. The molecule has 2 aromatic carbocycles. The number of nitrogens with zero attached hydrogens (tertiary/aromatic N) is 1. The van der Waals surface area contributed by atoms with Crippen molar-refractivity contribution >= 4 is 10.8 Å². The smallest absolute Gasteiger partial charge is 0.213 e. The standard InChI is InChI=1S/C18H15NO3.ClH/c1-22-18-9-15-12(8-17(18)21)4-5-19-10-13-6-14(20)3-2-11(13)7-16(15)19;/h2-3,6-10,20H,4-5H2,1H3;1H. The van der Waals surface area contributed by atoms with Crippen LogP contribution in [0.4, 0.5) is 0 Å². The Morgan fingerprint density at radius 1 is 1.04 bits per heavy atom. The van der Waals surface area contributed by atoms with Gasteiger partial charge in [-0.3, -0.25) is 0 Å². The van der Waals surface area contributed by atoms with Crippen molar-refractivity contribution in [2.45, 2.75) is 13.0 Å². The minimum Gasteiger partial charge on any atom is -1.00 e. The first-order chi connectivity index (χ1) is 10.7. The van der Waals surface area contributed by atoms with Crippen molar-refractivity contribution in [3.05, 3.63) is 48.2 Å². The van der Waals surface area contributed by atoms with Crippen LogP contribution in [0.15, 0.2) is 42.6 Å². The highest BCUT2D eigenvalue weighted by atomic mass is 35.5. The average Bonchev–Trinajstić information content (AvgIpc) is 2.52. The predicted molar refractivity (Wildman–Crippen MR) is 83.2 cm³/mol. The molecule has 4 rings (SSSR count). The lowest BCUT2D eigenvalue weighted by atomic mass is 9.95. The van der Waals surface area contributed by atoms with Crippen LogP contribution in [0.3, 0.4) is 0 Å². The molecule has 118 valence electrons. The number of phenolic OH excluding ortho intramolecular Hbond substituents is 2. The van der Waals surface area contributed by atoms with Crippen molar-refractivity contribution in [3.8, 4) is 28.5 Å². The van der Waals surface area contributed by atoms with Crippen LogP contribution in [-0.2, 0) is 13.0 Å². The number of hydrogen-bond acceptors (Lipinski definition) is 3. The van der Waals surface area contributed by atoms with E-state index in [2.05, 4.69) is 16.8 Å². The molecule has 1 aliphatic heterocycles. The van der Waals surface area contributed by atoms with Gasteiger partial charge in [0.15, 0.2) is 24.2 Å². The van der Waals surface area contributed by atoms with E-state index in [9.17, 15) is 10.2 Å². The molecule has 0 amide bonds. The van der Waals surface area contributed by atoms with Crippen molar-refractivity contribution < 1.29 is 31.9 Å². The van der Waals surface area contributed by atoms with E-state index in [1.165, 1.54) is 0 Å². The SMILES string of the molecule is COc1cc2c(cc1O)CC[n+]1cc3cc(O)ccc3cc1-2.[Cl-]. The highest BCUT2D eigenvalue weighted by molar-refractivity contribution is 5.85. The third kappa shape index (κ3) is 2.45. The summed E-state index contributed by atoms with van der Waals surface area (Å²) in [7, 11) is 1.56. The molecule has 5 heteroatoms. The lowest BCUT2D eigenvalue weighted by Gasteiger charge is -2.17. The van der Waals surface area contributed by atoms with Gasteiger partial charge >= 0.3 is 0 Å². The number of aromatic nitrogens is 1. The van der Waals surface area contributed by atoms with Crippen LogP contribution < -0.4 is 21.7 Å². The van der Waals surface area contributed by atoms with Gasteiger partial charge in [0.05, 0.1) is 12.7 Å². The van der Waals surface area contributed by atoms with E-state index in [1.807, 2.05) is 12.1 Å². The van der Waals surface area contributed by atoms with Gasteiger partial charge < -0.3 is 27.4 Å². The zero-order valence-electron chi connectivity index (χ0n) is 12.6. The Hall–Kier alpha value is -2.46. The van der Waals surface area contributed by atoms with Crippen LogP contribution >= 0.6 is 0 Å². The van der Waals surface area contributed by atoms with Gasteiger partial charge in [0, 0.05) is 17.9 Å². The summed E-state index contributed by atoms with van der Waals surface area (Å²) in [6, 6.07) is 11.2. The zero-order chi connectivity index (χ0) is 15.3. The van der Waals surface area contributed by atoms with Gasteiger partial charge in [0.1, 0.15) is 5.75 Å². The van der Waals surface area contributed by atoms with E-state index in [0.29, 0.717) is 5.75 Å². The summed E-state index contributed by atoms with van der Waals surface area (Å²) in [4.78, 5) is 0. The number of ether oxygens (including phenoxy) is 1. The minimum atomic E-state index is 0. The molecular weight excluding hydrogens is 314 g/mol. The molecule has 2 N–H and O–H groups in total. The molecule has 0 saturated heterocycles. The summed E-state index contributed by atoms with van der Waals surface area (Å²) in [5.41, 5.74) is 3.30. The van der Waals surface area contributed by atoms with E-state index >= 15 is 0 Å². The molecule has 23 heavy (non-hydrogen) atoms. The fourth-order valence-corrected chi connectivity index (χ4v) is 3.15. The molecule has 3 aromatic rings. The van der Waals surface area contributed by atoms with E-state index in [4.69, 9.17) is 4.74 Å². The first-order valence-electron chi connectivity index (χ1n) is 7.22. The second-order valence-corrected chi connectivity index (χ2v) is 5.60. The minimum absolute atomic E-state index is 0. The Bertz CT molecular complexity index is 908. The fraction of sp³-hybridized carbons (Fsp3) is 0.167. The topological polar surface area (TPSA) is 53.6 Å². The average molecular weight is 330 g/mol. The molecule has 0 radical (unpaired) electrons. The summed E-state index contributed by atoms with van der Waals surface area (Å²) < 4.78 is 7.42. The lowest BCUT2D eigenvalue weighted by Crippen LogP contribution is -3.00. The maximum atomic E-state index is 9.96. The first-order valence-corrected chi connectivity index (χ1v) is 7.22. The molecule has 0 aliphatic carbocycles. The highest BCUT2D eigenvalue weighted by Crippen LogP contribution is 2.36. The summed E-state index contributed by atoms with van der Waals surface area (Å²) in [5.74, 6) is 0.939. The molecular formula is C18H16ClNO3. The number of rotatable bonds is 1. The number of aromatic hydroxyl groups is 2. The summed E-state index contributed by atoms with van der Waals surface area (Å²) in [6.07, 6.45) is 2.92. The maximum Gasteiger partial charge on any atom is 0.213 e. The fourth-order valence-electron chi connectivity index (χ4n) is 3.15. The van der Waals surface area contributed by atoms with E-state index in [0.717, 1.165) is 40.6 Å². The quantitative estimate of drug-likeness (QED) is 0.607. The number of hydrogen-bond donors (Lipinski definition) is 2. The number of halogens is 1. The Labute approximate surface area is 140 Å². The van der Waals surface area contributed by atoms with Gasteiger partial charge in [0.25, 0.3) is 0 Å². The van der Waals surface area contributed by atoms with Gasteiger partial charge in [-0.25, -0.2) is 0 Å². The molecule has 1 aromatic heterocycles. The molecule has 0 spiro atoms. The van der Waals surface area contributed by atoms with Crippen LogP contribution in [0, 0.1) is 0 Å². The number of aryl methyl sites for hydroxylation is 2. The number of methoxy groups -OCH3 is 1. The van der Waals surface area contributed by atoms with Crippen LogP contribution in [0.1, 0.15) is 5.56 Å². The van der Waals surface area contributed by atoms with Crippen molar-refractivity contribution in [2.75, 3.05) is 7.11 Å². The second-order valence-electron chi connectivity index (χ2n) is 5.60. The number of fused-ring (bicyclic) bond motifs is 4. The summed E-state index contributed by atoms with van der Waals surface area (Å²) in [5, 5.41) is 21.7. The molecule has 0 unspecified atom stereocenters. The largest absolute Gasteiger partial charge is 1.00 e. The number of benzene rings is 2. The number of phenols is 2. The van der Waals surface area contributed by atoms with Gasteiger partial charge in [-0.1, -0.05) is 6.07 Å². The van der Waals surface area contributed by atoms with Crippen LogP contribution in [-0.4, -0.2) is 17.3 Å². The maximum absolute atomic E-state index is 9.96. The second kappa shape index (κ2) is 5.63. The Balaban J connectivity index is 0.00000156. The molecule has 4 nitrogen and oxygen atoms in total. The van der Waals surface area contributed by atoms with Crippen LogP contribution in [0.2, 0.25) is 0 Å². The van der Waals surface area contributed by atoms with Gasteiger partial charge in [0.2, 0.25) is 5.69 Å². The molecule has 0 fully saturated rings.